The van der Waals surface area contributed by atoms with Gasteiger partial charge in [0.25, 0.3) is 0 Å². The Kier molecular flexibility index (Phi) is 107. The first-order valence-corrected chi connectivity index (χ1v) is 2.68. The summed E-state index contributed by atoms with van der Waals surface area (Å²) in [7, 11) is 0. The molecule has 0 radical (unpaired) electrons. The summed E-state index contributed by atoms with van der Waals surface area (Å²) in [5.41, 5.74) is 0. The number of carbonyl (C=O) groups is 1. The van der Waals surface area contributed by atoms with Crippen LogP contribution in [-0.2, 0) is 26.5 Å². The Morgan fingerprint density at radius 1 is 1.07 bits per heavy atom. The Labute approximate surface area is 128 Å². The Bertz CT molecular complexity index is 95.5. The Balaban J connectivity index is -0.0000000133. The van der Waals surface area contributed by atoms with Gasteiger partial charge in [-0.25, -0.2) is 4.79 Å². The van der Waals surface area contributed by atoms with E-state index in [1.807, 2.05) is 0 Å². The van der Waals surface area contributed by atoms with Gasteiger partial charge in [-0.1, -0.05) is 0 Å². The molecule has 0 rings (SSSR count). The first-order chi connectivity index (χ1) is 4.56. The molecule has 15 heavy (non-hydrogen) atoms. The topological polar surface area (TPSA) is 98.0 Å². The Hall–Kier alpha value is 1.22. The second-order valence-corrected chi connectivity index (χ2v) is 1.46. The fraction of sp³-hybridized carbons (Fsp3) is 0.800. The molecule has 4 N–H and O–H groups in total. The van der Waals surface area contributed by atoms with Gasteiger partial charge in [0.15, 0.2) is 0 Å². The summed E-state index contributed by atoms with van der Waals surface area (Å²) in [6.45, 7) is 0.947. The quantitative estimate of drug-likeness (QED) is 0.374. The molecule has 10 heteroatoms. The average molecular weight is 342 g/mol. The number of rotatable bonds is 2. The van der Waals surface area contributed by atoms with Crippen LogP contribution in [0.15, 0.2) is 0 Å². The molecule has 0 aliphatic rings. The van der Waals surface area contributed by atoms with Crippen LogP contribution in [0.3, 0.4) is 0 Å². The molecular weight excluding hydrogens is 330 g/mol. The van der Waals surface area contributed by atoms with Crippen LogP contribution in [0.5, 0.6) is 0 Å². The maximum absolute atomic E-state index is 9.45. The molecule has 0 heterocycles. The second kappa shape index (κ2) is 36.2. The van der Waals surface area contributed by atoms with E-state index in [2.05, 4.69) is 0 Å². The van der Waals surface area contributed by atoms with Crippen LogP contribution in [0, 0.1) is 0 Å². The van der Waals surface area contributed by atoms with Crippen molar-refractivity contribution in [3.63, 3.8) is 0 Å². The minimum atomic E-state index is -1.23. The molecule has 0 fully saturated rings. The molecule has 0 aliphatic carbocycles. The Morgan fingerprint density at radius 2 is 1.20 bits per heavy atom. The van der Waals surface area contributed by atoms with E-state index < -0.39 is 12.1 Å². The van der Waals surface area contributed by atoms with Gasteiger partial charge in [-0.2, -0.15) is 0 Å². The maximum Gasteiger partial charge on any atom is 4.00 e. The van der Waals surface area contributed by atoms with E-state index in [4.69, 9.17) is 20.4 Å². The average Bonchev–Trinajstić information content (AvgIpc) is 1.89. The molecule has 0 spiro atoms. The van der Waals surface area contributed by atoms with Gasteiger partial charge in [-0.3, -0.25) is 0 Å². The molecule has 5 nitrogen and oxygen atoms in total. The van der Waals surface area contributed by atoms with Gasteiger partial charge < -0.3 is 70.1 Å². The van der Waals surface area contributed by atoms with Crippen LogP contribution in [0.25, 0.3) is 0 Å². The minimum Gasteiger partial charge on any atom is -1.00 e. The number of hydrogen-bond donors (Lipinski definition) is 4. The largest absolute Gasteiger partial charge is 4.00 e. The number of aliphatic carboxylic acids is 1. The van der Waals surface area contributed by atoms with Gasteiger partial charge in [0.1, 0.15) is 6.10 Å². The van der Waals surface area contributed by atoms with E-state index in [9.17, 15) is 4.79 Å². The molecule has 94 valence electrons. The van der Waals surface area contributed by atoms with Crippen molar-refractivity contribution in [2.75, 3.05) is 13.2 Å². The van der Waals surface area contributed by atoms with Gasteiger partial charge >= 0.3 is 27.7 Å². The van der Waals surface area contributed by atoms with Crippen molar-refractivity contribution in [3.8, 4) is 0 Å². The molecule has 0 saturated carbocycles. The molecule has 0 aromatic heterocycles. The monoisotopic (exact) mass is 340 g/mol. The molecule has 1 atom stereocenters. The van der Waals surface area contributed by atoms with Crippen LogP contribution in [0.2, 0.25) is 0 Å². The summed E-state index contributed by atoms with van der Waals surface area (Å²) in [4.78, 5) is 9.45. The first kappa shape index (κ1) is 44.2. The summed E-state index contributed by atoms with van der Waals surface area (Å²) in [5.74, 6) is -1.19. The van der Waals surface area contributed by atoms with Crippen LogP contribution in [0.4, 0.5) is 0 Å². The van der Waals surface area contributed by atoms with Crippen molar-refractivity contribution < 1.29 is 96.6 Å². The fourth-order valence-corrected chi connectivity index (χ4v) is 0. The molecular formula is C5H12Cl4O5Ti. The van der Waals surface area contributed by atoms with E-state index in [1.165, 1.54) is 6.92 Å². The van der Waals surface area contributed by atoms with Crippen LogP contribution < -0.4 is 49.6 Å². The number of carboxylic acids is 1. The number of aliphatic hydroxyl groups excluding tert-OH is 3. The molecule has 0 bridgehead atoms. The van der Waals surface area contributed by atoms with Gasteiger partial charge in [-0.05, 0) is 6.92 Å². The molecule has 0 aromatic rings. The molecule has 1 unspecified atom stereocenters. The zero-order valence-electron chi connectivity index (χ0n) is 7.70. The van der Waals surface area contributed by atoms with Crippen molar-refractivity contribution in [2.24, 2.45) is 0 Å². The van der Waals surface area contributed by atoms with E-state index in [-0.39, 0.29) is 84.6 Å². The van der Waals surface area contributed by atoms with Crippen LogP contribution in [-0.4, -0.2) is 45.7 Å². The summed E-state index contributed by atoms with van der Waals surface area (Å²) in [6.07, 6.45) is -1.23. The molecule has 0 amide bonds. The number of carboxylic acid groups (broad SMARTS) is 1. The first-order valence-electron chi connectivity index (χ1n) is 2.68. The zero-order valence-corrected chi connectivity index (χ0v) is 12.3. The summed E-state index contributed by atoms with van der Waals surface area (Å²) >= 11 is 0. The molecule has 0 aromatic carbocycles. The summed E-state index contributed by atoms with van der Waals surface area (Å²) < 4.78 is 0. The smallest absolute Gasteiger partial charge is 1.00 e. The van der Waals surface area contributed by atoms with E-state index in [0.717, 1.165) is 0 Å². The summed E-state index contributed by atoms with van der Waals surface area (Å²) in [5, 5.41) is 31.0. The molecule has 0 saturated heterocycles. The third-order valence-corrected chi connectivity index (χ3v) is 0.457. The zero-order chi connectivity index (χ0) is 8.57. The van der Waals surface area contributed by atoms with Crippen molar-refractivity contribution in [2.45, 2.75) is 13.0 Å². The predicted molar refractivity (Wildman–Crippen MR) is 33.5 cm³/mol. The van der Waals surface area contributed by atoms with Gasteiger partial charge in [0.05, 0.1) is 13.2 Å². The third-order valence-electron chi connectivity index (χ3n) is 0.457. The standard InChI is InChI=1S/C3H6O3.C2H6O2.4ClH.Ti/c1-2(4)3(5)6;3-1-2-4;;;;;/h2,4H,1H3,(H,5,6);3-4H,1-2H2;4*1H;/q;;;;;;+4/p-4. The second-order valence-electron chi connectivity index (χ2n) is 1.46. The van der Waals surface area contributed by atoms with Crippen molar-refractivity contribution in [3.05, 3.63) is 0 Å². The molecule has 0 aliphatic heterocycles. The summed E-state index contributed by atoms with van der Waals surface area (Å²) in [6, 6.07) is 0. The normalized spacial score (nSPS) is 7.47. The van der Waals surface area contributed by atoms with Crippen molar-refractivity contribution in [1.29, 1.82) is 0 Å². The number of aliphatic hydroxyl groups is 3. The predicted octanol–water partition coefficient (Wildman–Crippen LogP) is -13.6. The fourth-order valence-electron chi connectivity index (χ4n) is 0. The SMILES string of the molecule is CC(O)C(=O)O.OCCO.[Cl-].[Cl-].[Cl-].[Cl-].[Ti+4]. The Morgan fingerprint density at radius 3 is 1.20 bits per heavy atom. The number of hydrogen-bond acceptors (Lipinski definition) is 4. The van der Waals surface area contributed by atoms with Crippen molar-refractivity contribution in [1.82, 2.24) is 0 Å². The van der Waals surface area contributed by atoms with Gasteiger partial charge in [-0.15, -0.1) is 0 Å². The van der Waals surface area contributed by atoms with Crippen LogP contribution >= 0.6 is 0 Å². The van der Waals surface area contributed by atoms with E-state index in [1.54, 1.807) is 0 Å². The number of halogens is 4. The van der Waals surface area contributed by atoms with Gasteiger partial charge in [0, 0.05) is 0 Å². The van der Waals surface area contributed by atoms with Crippen molar-refractivity contribution >= 4 is 5.97 Å². The minimum absolute atomic E-state index is 0. The van der Waals surface area contributed by atoms with E-state index >= 15 is 0 Å². The van der Waals surface area contributed by atoms with Gasteiger partial charge in [0.2, 0.25) is 0 Å². The third kappa shape index (κ3) is 68.7. The maximum atomic E-state index is 9.45. The van der Waals surface area contributed by atoms with Crippen LogP contribution in [0.1, 0.15) is 6.92 Å². The van der Waals surface area contributed by atoms with E-state index in [0.29, 0.717) is 0 Å².